The molecule has 0 fully saturated rings. The van der Waals surface area contributed by atoms with E-state index in [1.807, 2.05) is 43.7 Å². The van der Waals surface area contributed by atoms with Crippen LogP contribution in [0.25, 0.3) is 11.0 Å². The van der Waals surface area contributed by atoms with Crippen molar-refractivity contribution in [2.75, 3.05) is 19.5 Å². The molecule has 0 aliphatic carbocycles. The highest BCUT2D eigenvalue weighted by Gasteiger charge is 2.23. The van der Waals surface area contributed by atoms with E-state index in [4.69, 9.17) is 11.6 Å². The number of halogens is 2. The van der Waals surface area contributed by atoms with Crippen LogP contribution in [0.3, 0.4) is 0 Å². The number of carbonyl (C=O) groups excluding carboxylic acids is 1. The summed E-state index contributed by atoms with van der Waals surface area (Å²) in [6.45, 7) is 4.56. The summed E-state index contributed by atoms with van der Waals surface area (Å²) in [6.07, 6.45) is 0.640. The standard InChI is InChI=1S/C15H19BrClN3O/c1-4-19(3)15(21)10(2)20-13-9-11(16)5-6-12(13)18-14(20)7-8-17/h5-6,9-10H,4,7-8H2,1-3H3. The highest BCUT2D eigenvalue weighted by Crippen LogP contribution is 2.26. The summed E-state index contributed by atoms with van der Waals surface area (Å²) in [5.74, 6) is 1.41. The first kappa shape index (κ1) is 16.3. The molecule has 0 aliphatic heterocycles. The molecule has 114 valence electrons. The van der Waals surface area contributed by atoms with Crippen LogP contribution in [0.1, 0.15) is 25.7 Å². The number of hydrogen-bond acceptors (Lipinski definition) is 2. The van der Waals surface area contributed by atoms with Gasteiger partial charge in [0, 0.05) is 30.4 Å². The van der Waals surface area contributed by atoms with Gasteiger partial charge >= 0.3 is 0 Å². The highest BCUT2D eigenvalue weighted by atomic mass is 79.9. The molecule has 2 rings (SSSR count). The summed E-state index contributed by atoms with van der Waals surface area (Å²) in [4.78, 5) is 18.8. The maximum absolute atomic E-state index is 12.5. The Morgan fingerprint density at radius 1 is 1.52 bits per heavy atom. The van der Waals surface area contributed by atoms with Gasteiger partial charge in [-0.2, -0.15) is 0 Å². The molecule has 0 saturated heterocycles. The minimum Gasteiger partial charge on any atom is -0.344 e. The monoisotopic (exact) mass is 371 g/mol. The lowest BCUT2D eigenvalue weighted by Gasteiger charge is -2.22. The maximum atomic E-state index is 12.5. The zero-order valence-electron chi connectivity index (χ0n) is 12.4. The Labute approximate surface area is 138 Å². The number of aryl methyl sites for hydroxylation is 1. The Kier molecular flexibility index (Phi) is 5.27. The van der Waals surface area contributed by atoms with Gasteiger partial charge in [-0.05, 0) is 32.0 Å². The van der Waals surface area contributed by atoms with Gasteiger partial charge in [-0.1, -0.05) is 15.9 Å². The van der Waals surface area contributed by atoms with E-state index in [1.54, 1.807) is 4.90 Å². The van der Waals surface area contributed by atoms with Crippen molar-refractivity contribution in [3.63, 3.8) is 0 Å². The predicted octanol–water partition coefficient (Wildman–Crippen LogP) is 3.62. The highest BCUT2D eigenvalue weighted by molar-refractivity contribution is 9.10. The minimum atomic E-state index is -0.299. The second-order valence-corrected chi connectivity index (χ2v) is 6.29. The number of benzene rings is 1. The number of imidazole rings is 1. The van der Waals surface area contributed by atoms with Crippen LogP contribution < -0.4 is 0 Å². The molecule has 0 spiro atoms. The molecule has 1 amide bonds. The smallest absolute Gasteiger partial charge is 0.245 e. The average molecular weight is 373 g/mol. The van der Waals surface area contributed by atoms with Crippen LogP contribution in [0, 0.1) is 0 Å². The molecule has 21 heavy (non-hydrogen) atoms. The summed E-state index contributed by atoms with van der Waals surface area (Å²) >= 11 is 9.36. The Morgan fingerprint density at radius 2 is 2.24 bits per heavy atom. The van der Waals surface area contributed by atoms with E-state index in [1.165, 1.54) is 0 Å². The third-order valence-electron chi connectivity index (χ3n) is 3.64. The topological polar surface area (TPSA) is 38.1 Å². The second kappa shape index (κ2) is 6.79. The lowest BCUT2D eigenvalue weighted by Crippen LogP contribution is -2.33. The Balaban J connectivity index is 2.56. The van der Waals surface area contributed by atoms with Gasteiger partial charge in [-0.15, -0.1) is 11.6 Å². The third-order valence-corrected chi connectivity index (χ3v) is 4.32. The lowest BCUT2D eigenvalue weighted by atomic mass is 10.2. The van der Waals surface area contributed by atoms with E-state index in [0.717, 1.165) is 21.3 Å². The molecule has 1 heterocycles. The molecule has 2 aromatic rings. The van der Waals surface area contributed by atoms with E-state index < -0.39 is 0 Å². The SMILES string of the molecule is CCN(C)C(=O)C(C)n1c(CCCl)nc2ccc(Br)cc21. The van der Waals surface area contributed by atoms with Crippen LogP contribution in [0.2, 0.25) is 0 Å². The van der Waals surface area contributed by atoms with E-state index in [0.29, 0.717) is 18.8 Å². The van der Waals surface area contributed by atoms with Crippen LogP contribution in [-0.2, 0) is 11.2 Å². The molecule has 0 aliphatic rings. The predicted molar refractivity (Wildman–Crippen MR) is 89.9 cm³/mol. The number of hydrogen-bond donors (Lipinski definition) is 0. The number of likely N-dealkylation sites (N-methyl/N-ethyl adjacent to an activating group) is 1. The minimum absolute atomic E-state index is 0.0765. The van der Waals surface area contributed by atoms with Crippen molar-refractivity contribution in [2.45, 2.75) is 26.3 Å². The molecule has 0 bridgehead atoms. The Bertz CT molecular complexity index is 656. The van der Waals surface area contributed by atoms with Crippen molar-refractivity contribution in [3.8, 4) is 0 Å². The van der Waals surface area contributed by atoms with Gasteiger partial charge in [0.15, 0.2) is 0 Å². The van der Waals surface area contributed by atoms with E-state index >= 15 is 0 Å². The first-order valence-corrected chi connectivity index (χ1v) is 8.29. The first-order valence-electron chi connectivity index (χ1n) is 6.96. The van der Waals surface area contributed by atoms with Gasteiger partial charge in [0.1, 0.15) is 11.9 Å². The third kappa shape index (κ3) is 3.24. The Hall–Kier alpha value is -1.07. The van der Waals surface area contributed by atoms with Crippen molar-refractivity contribution >= 4 is 44.5 Å². The number of rotatable bonds is 5. The molecule has 1 atom stereocenters. The van der Waals surface area contributed by atoms with Crippen molar-refractivity contribution in [3.05, 3.63) is 28.5 Å². The van der Waals surface area contributed by atoms with Gasteiger partial charge in [0.2, 0.25) is 5.91 Å². The lowest BCUT2D eigenvalue weighted by molar-refractivity contribution is -0.132. The summed E-state index contributed by atoms with van der Waals surface area (Å²) in [6, 6.07) is 5.60. The van der Waals surface area contributed by atoms with Crippen molar-refractivity contribution in [2.24, 2.45) is 0 Å². The molecule has 0 N–H and O–H groups in total. The molecular weight excluding hydrogens is 354 g/mol. The summed E-state index contributed by atoms with van der Waals surface area (Å²) in [5, 5.41) is 0. The second-order valence-electron chi connectivity index (χ2n) is 5.00. The number of alkyl halides is 1. The average Bonchev–Trinajstić information content (AvgIpc) is 2.82. The van der Waals surface area contributed by atoms with E-state index in [9.17, 15) is 4.79 Å². The van der Waals surface area contributed by atoms with Crippen LogP contribution in [-0.4, -0.2) is 39.8 Å². The van der Waals surface area contributed by atoms with E-state index in [2.05, 4.69) is 20.9 Å². The first-order chi connectivity index (χ1) is 9.99. The van der Waals surface area contributed by atoms with Crippen molar-refractivity contribution in [1.29, 1.82) is 0 Å². The number of nitrogens with zero attached hydrogens (tertiary/aromatic N) is 3. The maximum Gasteiger partial charge on any atom is 0.245 e. The van der Waals surface area contributed by atoms with Crippen LogP contribution in [0.5, 0.6) is 0 Å². The largest absolute Gasteiger partial charge is 0.344 e. The summed E-state index contributed by atoms with van der Waals surface area (Å²) in [7, 11) is 1.81. The van der Waals surface area contributed by atoms with E-state index in [-0.39, 0.29) is 11.9 Å². The van der Waals surface area contributed by atoms with Crippen molar-refractivity contribution in [1.82, 2.24) is 14.5 Å². The fourth-order valence-electron chi connectivity index (χ4n) is 2.39. The number of aromatic nitrogens is 2. The Morgan fingerprint density at radius 3 is 2.86 bits per heavy atom. The van der Waals surface area contributed by atoms with Gasteiger partial charge < -0.3 is 9.47 Å². The van der Waals surface area contributed by atoms with Crippen LogP contribution in [0.4, 0.5) is 0 Å². The summed E-state index contributed by atoms with van der Waals surface area (Å²) in [5.41, 5.74) is 1.84. The fraction of sp³-hybridized carbons (Fsp3) is 0.467. The number of carbonyl (C=O) groups is 1. The van der Waals surface area contributed by atoms with Crippen LogP contribution in [0.15, 0.2) is 22.7 Å². The van der Waals surface area contributed by atoms with Gasteiger partial charge in [-0.3, -0.25) is 4.79 Å². The zero-order chi connectivity index (χ0) is 15.6. The van der Waals surface area contributed by atoms with Gasteiger partial charge in [-0.25, -0.2) is 4.98 Å². The van der Waals surface area contributed by atoms with Gasteiger partial charge in [0.05, 0.1) is 11.0 Å². The van der Waals surface area contributed by atoms with Crippen molar-refractivity contribution < 1.29 is 4.79 Å². The molecule has 0 radical (unpaired) electrons. The molecule has 4 nitrogen and oxygen atoms in total. The quantitative estimate of drug-likeness (QED) is 0.752. The molecular formula is C15H19BrClN3O. The number of amides is 1. The number of fused-ring (bicyclic) bond motifs is 1. The fourth-order valence-corrected chi connectivity index (χ4v) is 2.91. The molecule has 1 aromatic carbocycles. The molecule has 1 unspecified atom stereocenters. The van der Waals surface area contributed by atoms with Crippen LogP contribution >= 0.6 is 27.5 Å². The zero-order valence-corrected chi connectivity index (χ0v) is 14.8. The molecule has 1 aromatic heterocycles. The molecule has 6 heteroatoms. The molecule has 0 saturated carbocycles. The normalized spacial score (nSPS) is 12.6. The van der Waals surface area contributed by atoms with Gasteiger partial charge in [0.25, 0.3) is 0 Å². The summed E-state index contributed by atoms with van der Waals surface area (Å²) < 4.78 is 2.97.